The number of allylic oxidation sites excluding steroid dienone is 4. The van der Waals surface area contributed by atoms with Crippen molar-refractivity contribution in [3.8, 4) is 0 Å². The summed E-state index contributed by atoms with van der Waals surface area (Å²) in [4.78, 5) is 43.4. The summed E-state index contributed by atoms with van der Waals surface area (Å²) >= 11 is 0. The zero-order valence-corrected chi connectivity index (χ0v) is 20.8. The Kier molecular flexibility index (Phi) is 19.1. The molecular weight excluding hydrogens is 535 g/mol. The van der Waals surface area contributed by atoms with Gasteiger partial charge in [0.2, 0.25) is 0 Å². The molecule has 29 heavy (non-hydrogen) atoms. The Balaban J connectivity index is -0.000000422. The first-order valence-corrected chi connectivity index (χ1v) is 7.40. The quantitative estimate of drug-likeness (QED) is 0.394. The van der Waals surface area contributed by atoms with Crippen LogP contribution in [0.5, 0.6) is 0 Å². The predicted molar refractivity (Wildman–Crippen MR) is 87.6 cm³/mol. The van der Waals surface area contributed by atoms with Crippen LogP contribution in [0.25, 0.3) is 0 Å². The first-order valence-electron chi connectivity index (χ1n) is 7.40. The second-order valence-electron chi connectivity index (χ2n) is 5.25. The maximum Gasteiger partial charge on any atom is 2.00 e. The number of carbonyl (C=O) groups excluding carboxylic acids is 2. The van der Waals surface area contributed by atoms with Gasteiger partial charge in [-0.1, -0.05) is 0 Å². The fourth-order valence-electron chi connectivity index (χ4n) is 2.33. The van der Waals surface area contributed by atoms with Gasteiger partial charge in [0.15, 0.2) is 0 Å². The molecule has 2 aliphatic carbocycles. The van der Waals surface area contributed by atoms with E-state index < -0.39 is 47.5 Å². The zero-order chi connectivity index (χ0) is 19.7. The van der Waals surface area contributed by atoms with E-state index in [1.807, 2.05) is 0 Å². The van der Waals surface area contributed by atoms with E-state index in [0.29, 0.717) is 0 Å². The molecule has 0 amide bonds. The molecule has 153 valence electrons. The second kappa shape index (κ2) is 16.9. The summed E-state index contributed by atoms with van der Waals surface area (Å²) in [6.45, 7) is 0. The van der Waals surface area contributed by atoms with Gasteiger partial charge in [0, 0.05) is 32.7 Å². The van der Waals surface area contributed by atoms with Crippen molar-refractivity contribution >= 4 is 23.9 Å². The molecule has 0 saturated carbocycles. The molecule has 0 spiro atoms. The molecule has 2 N–H and O–H groups in total. The van der Waals surface area contributed by atoms with Crippen molar-refractivity contribution in [3.63, 3.8) is 0 Å². The molecule has 0 aromatic rings. The molecule has 0 fully saturated rings. The minimum absolute atomic E-state index is 0. The van der Waals surface area contributed by atoms with Crippen LogP contribution in [0.1, 0.15) is 0 Å². The van der Waals surface area contributed by atoms with Crippen LogP contribution in [0.2, 0.25) is 0 Å². The molecule has 0 aromatic heterocycles. The van der Waals surface area contributed by atoms with Crippen molar-refractivity contribution < 1.29 is 109 Å². The predicted octanol–water partition coefficient (Wildman–Crippen LogP) is 1.23. The van der Waals surface area contributed by atoms with E-state index in [2.05, 4.69) is 23.7 Å². The molecule has 0 aliphatic heterocycles. The molecule has 0 bridgehead atoms. The average Bonchev–Trinajstić information content (AvgIpc) is 2.67. The van der Waals surface area contributed by atoms with Gasteiger partial charge in [-0.25, -0.2) is 0 Å². The van der Waals surface area contributed by atoms with Crippen LogP contribution in [0.3, 0.4) is 0 Å². The van der Waals surface area contributed by atoms with Gasteiger partial charge < -0.3 is 44.0 Å². The van der Waals surface area contributed by atoms with Crippen molar-refractivity contribution in [2.75, 3.05) is 0 Å². The monoisotopic (exact) mass is 553 g/mol. The van der Waals surface area contributed by atoms with Crippen LogP contribution in [0.4, 0.5) is 0 Å². The van der Waals surface area contributed by atoms with Gasteiger partial charge in [0.1, 0.15) is 0 Å². The number of carboxylic acids is 2. The van der Waals surface area contributed by atoms with Crippen LogP contribution >= 0.6 is 0 Å². The van der Waals surface area contributed by atoms with Crippen molar-refractivity contribution in [2.24, 2.45) is 23.7 Å². The van der Waals surface area contributed by atoms with Crippen LogP contribution < -0.4 is 0 Å². The summed E-state index contributed by atoms with van der Waals surface area (Å²) in [7, 11) is 5.91. The first kappa shape index (κ1) is 32.8. The van der Waals surface area contributed by atoms with Crippen molar-refractivity contribution in [1.29, 1.82) is 0 Å². The Hall–Kier alpha value is -0.887. The number of esters is 2. The summed E-state index contributed by atoms with van der Waals surface area (Å²) in [6, 6.07) is 0. The van der Waals surface area contributed by atoms with E-state index in [4.69, 9.17) is 10.2 Å². The van der Waals surface area contributed by atoms with Gasteiger partial charge in [-0.05, 0) is 23.7 Å². The van der Waals surface area contributed by atoms with Crippen molar-refractivity contribution in [3.05, 3.63) is 64.2 Å². The third kappa shape index (κ3) is 10.1. The van der Waals surface area contributed by atoms with Crippen LogP contribution in [-0.2, 0) is 98.5 Å². The molecule has 0 heterocycles. The second-order valence-corrected chi connectivity index (χ2v) is 5.25. The van der Waals surface area contributed by atoms with E-state index in [-0.39, 0.29) is 69.8 Å². The Bertz CT molecular complexity index is 557. The maximum absolute atomic E-state index is 11.0. The van der Waals surface area contributed by atoms with Gasteiger partial charge in [0.25, 0.3) is 23.9 Å². The Morgan fingerprint density at radius 2 is 0.897 bits per heavy atom. The number of hydrogen-bond donors (Lipinski definition) is 2. The molecule has 8 nitrogen and oxygen atoms in total. The first-order chi connectivity index (χ1) is 12.3. The Morgan fingerprint density at radius 1 is 0.655 bits per heavy atom. The van der Waals surface area contributed by atoms with E-state index in [9.17, 15) is 19.2 Å². The fourth-order valence-corrected chi connectivity index (χ4v) is 2.33. The minimum Gasteiger partial charge on any atom is -0.641 e. The maximum atomic E-state index is 11.0. The molecule has 2 aliphatic rings. The Labute approximate surface area is 218 Å². The number of rotatable bonds is 4. The van der Waals surface area contributed by atoms with Crippen molar-refractivity contribution in [2.45, 2.75) is 0 Å². The number of aliphatic carboxylic acids is 2. The SMILES string of the molecule is [CH2-]OC(=O)C1[CH-]C=C[CH-]C1C(=O)O.[CH2-]OC(=O)C1[CH-]C=C[CH-]C1C(=O)O.[V+2].[V+2].[Y]. The van der Waals surface area contributed by atoms with E-state index in [1.165, 1.54) is 25.7 Å². The summed E-state index contributed by atoms with van der Waals surface area (Å²) in [5.41, 5.74) is 0. The standard InChI is InChI=1S/2C9H9O4.2V.Y/c2*1-13-9(12)7-5-3-2-4-6(7)8(10)11;;;/h2*2-7H,1H2,(H,10,11);;;/q2*-3;2*+2;. The molecule has 0 saturated heterocycles. The van der Waals surface area contributed by atoms with Gasteiger partial charge >= 0.3 is 37.1 Å². The van der Waals surface area contributed by atoms with Gasteiger partial charge in [-0.2, -0.15) is 14.2 Å². The molecule has 4 unspecified atom stereocenters. The summed E-state index contributed by atoms with van der Waals surface area (Å²) in [6.07, 6.45) is 12.3. The van der Waals surface area contributed by atoms with E-state index in [0.717, 1.165) is 0 Å². The van der Waals surface area contributed by atoms with Gasteiger partial charge in [-0.15, -0.1) is 0 Å². The van der Waals surface area contributed by atoms with E-state index in [1.54, 1.807) is 24.3 Å². The number of carbonyl (C=O) groups is 4. The fraction of sp³-hybridized carbons (Fsp3) is 0.222. The molecular formula is C18H18O8V2Y-2. The number of hydrogen-bond acceptors (Lipinski definition) is 6. The summed E-state index contributed by atoms with van der Waals surface area (Å²) < 4.78 is 8.47. The zero-order valence-electron chi connectivity index (χ0n) is 15.2. The molecule has 11 heteroatoms. The normalized spacial score (nSPS) is 23.0. The van der Waals surface area contributed by atoms with Crippen molar-refractivity contribution in [1.82, 2.24) is 0 Å². The third-order valence-corrected chi connectivity index (χ3v) is 3.67. The van der Waals surface area contributed by atoms with Gasteiger partial charge in [-0.3, -0.25) is 44.9 Å². The molecule has 4 atom stereocenters. The number of carboxylic acid groups (broad SMARTS) is 2. The Morgan fingerprint density at radius 3 is 1.10 bits per heavy atom. The van der Waals surface area contributed by atoms with E-state index >= 15 is 0 Å². The molecule has 3 radical (unpaired) electrons. The van der Waals surface area contributed by atoms with Crippen LogP contribution in [-0.4, -0.2) is 34.1 Å². The van der Waals surface area contributed by atoms with Crippen LogP contribution in [0, 0.1) is 63.6 Å². The topological polar surface area (TPSA) is 127 Å². The summed E-state index contributed by atoms with van der Waals surface area (Å²) in [5, 5.41) is 17.5. The average molecular weight is 553 g/mol. The molecule has 0 aromatic carbocycles. The largest absolute Gasteiger partial charge is 2.00 e. The minimum atomic E-state index is -1.05. The van der Waals surface area contributed by atoms with Crippen LogP contribution in [0.15, 0.2) is 24.3 Å². The smallest absolute Gasteiger partial charge is 0.641 e. The number of ether oxygens (including phenoxy) is 2. The molecule has 2 rings (SSSR count). The third-order valence-electron chi connectivity index (χ3n) is 3.67. The summed E-state index contributed by atoms with van der Waals surface area (Å²) in [5.74, 6) is -6.58. The van der Waals surface area contributed by atoms with Gasteiger partial charge in [0.05, 0.1) is 0 Å².